The van der Waals surface area contributed by atoms with Gasteiger partial charge in [-0.2, -0.15) is 0 Å². The monoisotopic (exact) mass is 399 g/mol. The van der Waals surface area contributed by atoms with Gasteiger partial charge in [0.15, 0.2) is 4.96 Å². The molecule has 28 heavy (non-hydrogen) atoms. The predicted octanol–water partition coefficient (Wildman–Crippen LogP) is 5.17. The zero-order chi connectivity index (χ0) is 19.9. The van der Waals surface area contributed by atoms with E-state index in [4.69, 9.17) is 0 Å². The van der Waals surface area contributed by atoms with Gasteiger partial charge in [0.25, 0.3) is 0 Å². The van der Waals surface area contributed by atoms with Gasteiger partial charge >= 0.3 is 0 Å². The van der Waals surface area contributed by atoms with E-state index in [0.29, 0.717) is 12.5 Å². The standard InChI is InChI=1S/C22H26FN3OS/c1-22(2,3)12-20(27)25(17-8-9-17)11-10-18-14-28-21-24-19(13-26(18)21)15-4-6-16(23)7-5-15/h4-7,13-14,17H,8-12H2,1-3H3. The van der Waals surface area contributed by atoms with Crippen LogP contribution in [0.1, 0.15) is 45.7 Å². The summed E-state index contributed by atoms with van der Waals surface area (Å²) in [6.45, 7) is 7.08. The number of nitrogens with zero attached hydrogens (tertiary/aromatic N) is 3. The molecule has 0 radical (unpaired) electrons. The second-order valence-electron chi connectivity index (χ2n) is 8.82. The fourth-order valence-corrected chi connectivity index (χ4v) is 4.36. The van der Waals surface area contributed by atoms with Crippen molar-refractivity contribution in [3.05, 3.63) is 47.4 Å². The smallest absolute Gasteiger partial charge is 0.223 e. The first kappa shape index (κ1) is 19.1. The first-order valence-corrected chi connectivity index (χ1v) is 10.7. The fraction of sp³-hybridized carbons (Fsp3) is 0.455. The predicted molar refractivity (Wildman–Crippen MR) is 111 cm³/mol. The highest BCUT2D eigenvalue weighted by Gasteiger charge is 2.33. The van der Waals surface area contributed by atoms with Crippen molar-refractivity contribution < 1.29 is 9.18 Å². The van der Waals surface area contributed by atoms with Crippen molar-refractivity contribution in [1.29, 1.82) is 0 Å². The molecule has 1 aliphatic carbocycles. The van der Waals surface area contributed by atoms with Crippen LogP contribution in [-0.4, -0.2) is 32.8 Å². The molecule has 4 nitrogen and oxygen atoms in total. The van der Waals surface area contributed by atoms with Crippen LogP contribution in [0.25, 0.3) is 16.2 Å². The molecule has 1 fully saturated rings. The molecule has 1 saturated carbocycles. The van der Waals surface area contributed by atoms with E-state index < -0.39 is 0 Å². The third-order valence-corrected chi connectivity index (χ3v) is 5.91. The van der Waals surface area contributed by atoms with E-state index in [0.717, 1.165) is 47.7 Å². The summed E-state index contributed by atoms with van der Waals surface area (Å²) in [5.74, 6) is 0.0182. The zero-order valence-corrected chi connectivity index (χ0v) is 17.4. The van der Waals surface area contributed by atoms with E-state index in [9.17, 15) is 9.18 Å². The number of halogens is 1. The lowest BCUT2D eigenvalue weighted by molar-refractivity contribution is -0.133. The number of hydrogen-bond donors (Lipinski definition) is 0. The summed E-state index contributed by atoms with van der Waals surface area (Å²) in [7, 11) is 0. The molecule has 1 aliphatic rings. The number of fused-ring (bicyclic) bond motifs is 1. The molecular formula is C22H26FN3OS. The van der Waals surface area contributed by atoms with Gasteiger partial charge in [-0.25, -0.2) is 9.37 Å². The topological polar surface area (TPSA) is 37.6 Å². The number of thiazole rings is 1. The van der Waals surface area contributed by atoms with Gasteiger partial charge < -0.3 is 4.90 Å². The fourth-order valence-electron chi connectivity index (χ4n) is 3.46. The first-order chi connectivity index (χ1) is 13.3. The quantitative estimate of drug-likeness (QED) is 0.573. The zero-order valence-electron chi connectivity index (χ0n) is 16.6. The number of carbonyl (C=O) groups excluding carboxylic acids is 1. The molecule has 1 amide bonds. The summed E-state index contributed by atoms with van der Waals surface area (Å²) >= 11 is 1.60. The molecule has 0 saturated heterocycles. The van der Waals surface area contributed by atoms with Gasteiger partial charge in [-0.1, -0.05) is 20.8 Å². The Morgan fingerprint density at radius 3 is 2.64 bits per heavy atom. The summed E-state index contributed by atoms with van der Waals surface area (Å²) in [5.41, 5.74) is 2.92. The summed E-state index contributed by atoms with van der Waals surface area (Å²) in [5, 5.41) is 2.12. The van der Waals surface area contributed by atoms with Gasteiger partial charge in [0.1, 0.15) is 5.82 Å². The highest BCUT2D eigenvalue weighted by Crippen LogP contribution is 2.31. The van der Waals surface area contributed by atoms with Gasteiger partial charge in [0.05, 0.1) is 5.69 Å². The molecular weight excluding hydrogens is 373 g/mol. The summed E-state index contributed by atoms with van der Waals surface area (Å²) in [4.78, 5) is 20.4. The van der Waals surface area contributed by atoms with Crippen LogP contribution in [0.15, 0.2) is 35.8 Å². The number of aromatic nitrogens is 2. The molecule has 2 heterocycles. The molecule has 0 atom stereocenters. The van der Waals surface area contributed by atoms with Gasteiger partial charge in [-0.3, -0.25) is 9.20 Å². The molecule has 1 aromatic carbocycles. The lowest BCUT2D eigenvalue weighted by Gasteiger charge is -2.26. The molecule has 2 aromatic heterocycles. The van der Waals surface area contributed by atoms with E-state index in [2.05, 4.69) is 40.4 Å². The largest absolute Gasteiger partial charge is 0.339 e. The van der Waals surface area contributed by atoms with Crippen molar-refractivity contribution in [3.63, 3.8) is 0 Å². The van der Waals surface area contributed by atoms with Crippen LogP contribution >= 0.6 is 11.3 Å². The Kier molecular flexibility index (Phi) is 5.00. The van der Waals surface area contributed by atoms with Gasteiger partial charge in [-0.15, -0.1) is 11.3 Å². The van der Waals surface area contributed by atoms with Crippen LogP contribution in [-0.2, 0) is 11.2 Å². The van der Waals surface area contributed by atoms with Gasteiger partial charge in [0, 0.05) is 48.3 Å². The van der Waals surface area contributed by atoms with E-state index in [1.54, 1.807) is 23.5 Å². The van der Waals surface area contributed by atoms with Crippen molar-refractivity contribution in [1.82, 2.24) is 14.3 Å². The minimum atomic E-state index is -0.245. The third kappa shape index (κ3) is 4.27. The highest BCUT2D eigenvalue weighted by atomic mass is 32.1. The maximum Gasteiger partial charge on any atom is 0.223 e. The molecule has 0 N–H and O–H groups in total. The Hall–Kier alpha value is -2.21. The van der Waals surface area contributed by atoms with Gasteiger partial charge in [0.2, 0.25) is 5.91 Å². The average molecular weight is 400 g/mol. The maximum atomic E-state index is 13.2. The van der Waals surface area contributed by atoms with Crippen LogP contribution in [0.4, 0.5) is 4.39 Å². The Morgan fingerprint density at radius 1 is 1.29 bits per heavy atom. The van der Waals surface area contributed by atoms with Crippen molar-refractivity contribution in [2.75, 3.05) is 6.54 Å². The van der Waals surface area contributed by atoms with Crippen LogP contribution in [0.3, 0.4) is 0 Å². The molecule has 6 heteroatoms. The summed E-state index contributed by atoms with van der Waals surface area (Å²) in [6.07, 6.45) is 5.64. The number of imidazole rings is 1. The third-order valence-electron chi connectivity index (χ3n) is 5.02. The lowest BCUT2D eigenvalue weighted by atomic mass is 9.91. The minimum Gasteiger partial charge on any atom is -0.339 e. The lowest BCUT2D eigenvalue weighted by Crippen LogP contribution is -2.37. The molecule has 4 rings (SSSR count). The van der Waals surface area contributed by atoms with E-state index in [1.807, 2.05) is 6.20 Å². The van der Waals surface area contributed by atoms with Gasteiger partial charge in [-0.05, 0) is 42.5 Å². The van der Waals surface area contributed by atoms with Crippen molar-refractivity contribution in [3.8, 4) is 11.3 Å². The van der Waals surface area contributed by atoms with Crippen LogP contribution in [0.5, 0.6) is 0 Å². The van der Waals surface area contributed by atoms with Crippen LogP contribution in [0, 0.1) is 11.2 Å². The van der Waals surface area contributed by atoms with Crippen LogP contribution in [0.2, 0.25) is 0 Å². The Balaban J connectivity index is 1.49. The SMILES string of the molecule is CC(C)(C)CC(=O)N(CCc1csc2nc(-c3ccc(F)cc3)cn12)C1CC1. The Bertz CT molecular complexity index is 980. The Labute approximate surface area is 169 Å². The summed E-state index contributed by atoms with van der Waals surface area (Å²) in [6, 6.07) is 6.83. The van der Waals surface area contributed by atoms with E-state index in [-0.39, 0.29) is 17.1 Å². The number of amides is 1. The Morgan fingerprint density at radius 2 is 2.00 bits per heavy atom. The molecule has 0 unspecified atom stereocenters. The second kappa shape index (κ2) is 7.32. The maximum absolute atomic E-state index is 13.2. The molecule has 0 aliphatic heterocycles. The normalized spacial score (nSPS) is 14.6. The summed E-state index contributed by atoms with van der Waals surface area (Å²) < 4.78 is 15.3. The number of benzene rings is 1. The number of hydrogen-bond acceptors (Lipinski definition) is 3. The second-order valence-corrected chi connectivity index (χ2v) is 9.65. The van der Waals surface area contributed by atoms with Crippen molar-refractivity contribution in [2.45, 2.75) is 52.5 Å². The number of rotatable bonds is 6. The molecule has 0 spiro atoms. The van der Waals surface area contributed by atoms with Crippen molar-refractivity contribution in [2.24, 2.45) is 5.41 Å². The highest BCUT2D eigenvalue weighted by molar-refractivity contribution is 7.15. The van der Waals surface area contributed by atoms with Crippen molar-refractivity contribution >= 4 is 22.2 Å². The molecule has 0 bridgehead atoms. The number of carbonyl (C=O) groups is 1. The van der Waals surface area contributed by atoms with E-state index in [1.165, 1.54) is 12.1 Å². The van der Waals surface area contributed by atoms with E-state index >= 15 is 0 Å². The first-order valence-electron chi connectivity index (χ1n) is 9.81. The van der Waals surface area contributed by atoms with Crippen LogP contribution < -0.4 is 0 Å². The molecule has 3 aromatic rings. The minimum absolute atomic E-state index is 0.00821. The molecule has 148 valence electrons. The average Bonchev–Trinajstić information content (AvgIpc) is 3.24.